The highest BCUT2D eigenvalue weighted by molar-refractivity contribution is 7.33. The Hall–Kier alpha value is -5.06. The Labute approximate surface area is 455 Å². The monoisotopic (exact) mass is 1010 g/mol. The summed E-state index contributed by atoms with van der Waals surface area (Å²) >= 11 is 2.10. The Morgan fingerprint density at radius 3 is 1.81 bits per heavy atom. The van der Waals surface area contributed by atoms with Crippen LogP contribution in [0.25, 0.3) is 21.2 Å². The molecule has 1 fully saturated rings. The number of anilines is 6. The molecule has 0 saturated heterocycles. The van der Waals surface area contributed by atoms with Crippen molar-refractivity contribution >= 4 is 78.0 Å². The summed E-state index contributed by atoms with van der Waals surface area (Å²) < 4.78 is 2.93. The van der Waals surface area contributed by atoms with Gasteiger partial charge >= 0.3 is 0 Å². The smallest absolute Gasteiger partial charge is 0.264 e. The fraction of sp³-hybridized carbons (Fsp3) is 0.465. The van der Waals surface area contributed by atoms with E-state index in [0.717, 1.165) is 0 Å². The summed E-state index contributed by atoms with van der Waals surface area (Å²) in [6.07, 6.45) is 13.7. The number of hydrogen-bond donors (Lipinski definition) is 0. The highest BCUT2D eigenvalue weighted by Crippen LogP contribution is 2.57. The standard InChI is InChI=1S/C71H83BN2S/c1-43-29-30-67(5,6)53-39-50(45-23-19-16-20-24-45)58(41-49(43)53)74-59-37-47(66(2,3)4)25-28-57(59)72-63-60(35-46(36-61(63)74)44-21-17-15-18-22-44)73(48-26-27-52-54(38-48)69(9,10)32-31-68(52,7)8)64-51-40-55-56(42-62(51)75-65(64)72)71(13,14)34-33-70(55,11)12/h16,19-20,23-28,35-44H,15,17-18,21-22,29-34H2,1-14H3. The van der Waals surface area contributed by atoms with E-state index in [1.165, 1.54) is 175 Å². The van der Waals surface area contributed by atoms with Crippen LogP contribution in [-0.2, 0) is 32.5 Å². The van der Waals surface area contributed by atoms with E-state index in [1.54, 1.807) is 11.1 Å². The van der Waals surface area contributed by atoms with E-state index < -0.39 is 0 Å². The molecule has 0 radical (unpaired) electrons. The van der Waals surface area contributed by atoms with Crippen LogP contribution in [0, 0.1) is 0 Å². The Balaban J connectivity index is 1.19. The van der Waals surface area contributed by atoms with Crippen LogP contribution in [0.3, 0.4) is 0 Å². The zero-order valence-electron chi connectivity index (χ0n) is 48.1. The van der Waals surface area contributed by atoms with Crippen LogP contribution in [0.4, 0.5) is 34.1 Å². The molecule has 4 aliphatic carbocycles. The maximum absolute atomic E-state index is 2.84. The van der Waals surface area contributed by atoms with E-state index >= 15 is 0 Å². The summed E-state index contributed by atoms with van der Waals surface area (Å²) in [5.41, 5.74) is 26.3. The van der Waals surface area contributed by atoms with Crippen molar-refractivity contribution in [3.05, 3.63) is 148 Å². The van der Waals surface area contributed by atoms with Gasteiger partial charge in [0.2, 0.25) is 0 Å². The first kappa shape index (κ1) is 49.5. The lowest BCUT2D eigenvalue weighted by atomic mass is 9.36. The second-order valence-corrected chi connectivity index (χ2v) is 30.1. The number of benzene rings is 6. The van der Waals surface area contributed by atoms with Crippen molar-refractivity contribution in [1.82, 2.24) is 0 Å². The molecule has 2 aliphatic heterocycles. The lowest BCUT2D eigenvalue weighted by Crippen LogP contribution is -2.60. The SMILES string of the molecule is CC1CCC(C)(C)c2cc(-c3ccccc3)c(N3c4cc(C(C)(C)C)ccc4B4c5sc6cc7c(cc6c5N(c5ccc6c(c5)C(C)(C)CCC6(C)C)c5cc(C6CCCCC6)cc3c54)C(C)(C)CCC7(C)C)cc21. The zero-order chi connectivity index (χ0) is 52.5. The first-order valence-corrected chi connectivity index (χ1v) is 30.2. The Bertz CT molecular complexity index is 3480. The Morgan fingerprint density at radius 2 is 1.15 bits per heavy atom. The van der Waals surface area contributed by atoms with Crippen molar-refractivity contribution in [2.75, 3.05) is 9.80 Å². The van der Waals surface area contributed by atoms with E-state index in [1.807, 2.05) is 0 Å². The molecule has 0 N–H and O–H groups in total. The van der Waals surface area contributed by atoms with Crippen LogP contribution < -0.4 is 25.5 Å². The lowest BCUT2D eigenvalue weighted by molar-refractivity contribution is 0.332. The van der Waals surface area contributed by atoms with Gasteiger partial charge in [-0.2, -0.15) is 0 Å². The molecule has 1 aromatic heterocycles. The van der Waals surface area contributed by atoms with Crippen molar-refractivity contribution in [3.8, 4) is 11.1 Å². The van der Waals surface area contributed by atoms with Gasteiger partial charge in [-0.3, -0.25) is 0 Å². The average Bonchev–Trinajstić information content (AvgIpc) is 3.76. The topological polar surface area (TPSA) is 6.48 Å². The maximum atomic E-state index is 2.84. The van der Waals surface area contributed by atoms with Gasteiger partial charge in [0.1, 0.15) is 0 Å². The summed E-state index contributed by atoms with van der Waals surface area (Å²) in [6.45, 7) is 34.8. The molecule has 7 aromatic rings. The fourth-order valence-corrected chi connectivity index (χ4v) is 16.8. The van der Waals surface area contributed by atoms with E-state index in [2.05, 4.69) is 221 Å². The summed E-state index contributed by atoms with van der Waals surface area (Å²) in [5.74, 6) is 0.995. The van der Waals surface area contributed by atoms with Crippen molar-refractivity contribution in [1.29, 1.82) is 0 Å². The van der Waals surface area contributed by atoms with Gasteiger partial charge < -0.3 is 9.80 Å². The number of hydrogen-bond acceptors (Lipinski definition) is 3. The minimum atomic E-state index is -0.0354. The molecular formula is C71H83BN2S. The summed E-state index contributed by atoms with van der Waals surface area (Å²) in [6, 6.07) is 43.0. The third-order valence-electron chi connectivity index (χ3n) is 20.7. The molecule has 75 heavy (non-hydrogen) atoms. The highest BCUT2D eigenvalue weighted by Gasteiger charge is 2.49. The molecule has 386 valence electrons. The summed E-state index contributed by atoms with van der Waals surface area (Å²) in [7, 11) is 0. The fourth-order valence-electron chi connectivity index (χ4n) is 15.4. The third-order valence-corrected chi connectivity index (χ3v) is 21.9. The van der Waals surface area contributed by atoms with Crippen LogP contribution >= 0.6 is 11.3 Å². The van der Waals surface area contributed by atoms with E-state index in [-0.39, 0.29) is 39.2 Å². The van der Waals surface area contributed by atoms with Gasteiger partial charge in [-0.15, -0.1) is 11.3 Å². The van der Waals surface area contributed by atoms with E-state index in [9.17, 15) is 0 Å². The normalized spacial score (nSPS) is 21.7. The van der Waals surface area contributed by atoms with Crippen LogP contribution in [0.2, 0.25) is 0 Å². The molecule has 3 heterocycles. The van der Waals surface area contributed by atoms with E-state index in [4.69, 9.17) is 0 Å². The minimum absolute atomic E-state index is 0.0354. The molecule has 1 unspecified atom stereocenters. The van der Waals surface area contributed by atoms with E-state index in [0.29, 0.717) is 11.8 Å². The molecule has 0 spiro atoms. The van der Waals surface area contributed by atoms with Crippen molar-refractivity contribution in [2.24, 2.45) is 0 Å². The van der Waals surface area contributed by atoms with Crippen molar-refractivity contribution in [2.45, 2.75) is 212 Å². The van der Waals surface area contributed by atoms with Crippen LogP contribution in [0.15, 0.2) is 103 Å². The van der Waals surface area contributed by atoms with Gasteiger partial charge in [0.05, 0.1) is 11.4 Å². The second kappa shape index (κ2) is 16.7. The lowest BCUT2D eigenvalue weighted by Gasteiger charge is -2.46. The highest BCUT2D eigenvalue weighted by atomic mass is 32.1. The molecule has 0 amide bonds. The zero-order valence-corrected chi connectivity index (χ0v) is 48.9. The molecule has 1 atom stereocenters. The quantitative estimate of drug-likeness (QED) is 0.162. The van der Waals surface area contributed by atoms with Gasteiger partial charge in [-0.1, -0.05) is 165 Å². The van der Waals surface area contributed by atoms with Gasteiger partial charge in [-0.25, -0.2) is 0 Å². The molecule has 4 heteroatoms. The number of rotatable bonds is 4. The molecule has 6 aromatic carbocycles. The molecular weight excluding hydrogens is 924 g/mol. The van der Waals surface area contributed by atoms with Crippen molar-refractivity contribution < 1.29 is 0 Å². The number of thiophene rings is 1. The van der Waals surface area contributed by atoms with Gasteiger partial charge in [0.15, 0.2) is 0 Å². The molecule has 0 bridgehead atoms. The summed E-state index contributed by atoms with van der Waals surface area (Å²) in [5, 5.41) is 1.43. The first-order valence-electron chi connectivity index (χ1n) is 29.4. The second-order valence-electron chi connectivity index (χ2n) is 29.1. The Kier molecular flexibility index (Phi) is 11.0. The first-order chi connectivity index (χ1) is 35.4. The van der Waals surface area contributed by atoms with Crippen LogP contribution in [0.1, 0.15) is 224 Å². The molecule has 6 aliphatic rings. The number of nitrogens with zero attached hydrogens (tertiary/aromatic N) is 2. The molecule has 13 rings (SSSR count). The third kappa shape index (κ3) is 7.65. The van der Waals surface area contributed by atoms with Crippen LogP contribution in [-0.4, -0.2) is 6.71 Å². The molecule has 2 nitrogen and oxygen atoms in total. The number of fused-ring (bicyclic) bond motifs is 9. The Morgan fingerprint density at radius 1 is 0.533 bits per heavy atom. The molecule has 1 saturated carbocycles. The van der Waals surface area contributed by atoms with Gasteiger partial charge in [0.25, 0.3) is 6.71 Å². The van der Waals surface area contributed by atoms with Crippen LogP contribution in [0.5, 0.6) is 0 Å². The van der Waals surface area contributed by atoms with Gasteiger partial charge in [-0.05, 0) is 211 Å². The largest absolute Gasteiger partial charge is 0.311 e. The van der Waals surface area contributed by atoms with Crippen molar-refractivity contribution in [3.63, 3.8) is 0 Å². The minimum Gasteiger partial charge on any atom is -0.311 e. The van der Waals surface area contributed by atoms with Gasteiger partial charge in [0, 0.05) is 43.2 Å². The predicted molar refractivity (Wildman–Crippen MR) is 327 cm³/mol. The average molecular weight is 1010 g/mol. The maximum Gasteiger partial charge on any atom is 0.264 e. The summed E-state index contributed by atoms with van der Waals surface area (Å²) in [4.78, 5) is 5.66. The predicted octanol–water partition coefficient (Wildman–Crippen LogP) is 18.9.